The lowest BCUT2D eigenvalue weighted by molar-refractivity contribution is -0.155. The molecule has 0 aliphatic carbocycles. The van der Waals surface area contributed by atoms with E-state index in [1.54, 1.807) is 42.5 Å². The van der Waals surface area contributed by atoms with Gasteiger partial charge in [-0.15, -0.1) is 0 Å². The number of hydrogen-bond donors (Lipinski definition) is 6. The van der Waals surface area contributed by atoms with E-state index in [4.69, 9.17) is 15.2 Å². The van der Waals surface area contributed by atoms with Crippen molar-refractivity contribution in [1.29, 1.82) is 0 Å². The first-order chi connectivity index (χ1) is 21.9. The molecule has 4 amide bonds. The van der Waals surface area contributed by atoms with Gasteiger partial charge in [0.15, 0.2) is 0 Å². The molecule has 0 aliphatic heterocycles. The minimum Gasteiger partial charge on any atom is -0.508 e. The standard InChI is InChI=1S/C31H41N5O9S/c1-19(2)13-25(30(42)44-18-45-31(43)46-3)36-29(41)24(15-20-7-5-4-6-8-20)35-27(39)17-33-26(38)16-34-28(40)23(32)14-21-9-11-22(37)12-10-21/h4-12,19,23-25,37H,13-18,32H2,1-3H3,(H,33,38)(H,34,40)(H,35,39)(H,36,41). The maximum atomic E-state index is 13.4. The van der Waals surface area contributed by atoms with Crippen LogP contribution >= 0.6 is 11.8 Å². The predicted molar refractivity (Wildman–Crippen MR) is 170 cm³/mol. The van der Waals surface area contributed by atoms with Crippen LogP contribution < -0.4 is 27.0 Å². The second-order valence-electron chi connectivity index (χ2n) is 10.7. The minimum absolute atomic E-state index is 0.0215. The molecular formula is C31H41N5O9S. The number of phenols is 1. The Balaban J connectivity index is 1.95. The molecule has 0 fully saturated rings. The number of amides is 4. The second-order valence-corrected chi connectivity index (χ2v) is 11.4. The Morgan fingerprint density at radius 3 is 2.04 bits per heavy atom. The van der Waals surface area contributed by atoms with Gasteiger partial charge in [0.05, 0.1) is 19.1 Å². The van der Waals surface area contributed by atoms with Gasteiger partial charge in [0.2, 0.25) is 30.4 Å². The average Bonchev–Trinajstić information content (AvgIpc) is 3.03. The zero-order chi connectivity index (χ0) is 34.1. The van der Waals surface area contributed by atoms with Gasteiger partial charge >= 0.3 is 11.3 Å². The third-order valence-corrected chi connectivity index (χ3v) is 6.84. The Labute approximate surface area is 271 Å². The van der Waals surface area contributed by atoms with Crippen molar-refractivity contribution in [2.45, 2.75) is 51.2 Å². The van der Waals surface area contributed by atoms with Crippen LogP contribution in [0.25, 0.3) is 0 Å². The molecule has 0 aromatic heterocycles. The van der Waals surface area contributed by atoms with Crippen LogP contribution in [0.2, 0.25) is 0 Å². The van der Waals surface area contributed by atoms with Crippen LogP contribution in [0.5, 0.6) is 5.75 Å². The van der Waals surface area contributed by atoms with E-state index in [2.05, 4.69) is 21.3 Å². The first-order valence-corrected chi connectivity index (χ1v) is 15.7. The molecule has 250 valence electrons. The molecular weight excluding hydrogens is 618 g/mol. The van der Waals surface area contributed by atoms with E-state index in [0.717, 1.165) is 22.9 Å². The number of thioether (sulfide) groups is 1. The highest BCUT2D eigenvalue weighted by atomic mass is 32.2. The number of phenolic OH excluding ortho intramolecular Hbond substituents is 1. The summed E-state index contributed by atoms with van der Waals surface area (Å²) in [6.07, 6.45) is 1.99. The quantitative estimate of drug-likeness (QED) is 0.103. The fraction of sp³-hybridized carbons (Fsp3) is 0.419. The monoisotopic (exact) mass is 659 g/mol. The summed E-state index contributed by atoms with van der Waals surface area (Å²) in [5.74, 6) is -3.34. The summed E-state index contributed by atoms with van der Waals surface area (Å²) >= 11 is 0.809. The van der Waals surface area contributed by atoms with E-state index in [1.807, 2.05) is 13.8 Å². The number of rotatable bonds is 17. The summed E-state index contributed by atoms with van der Waals surface area (Å²) in [7, 11) is 0. The van der Waals surface area contributed by atoms with Crippen molar-refractivity contribution < 1.29 is 43.3 Å². The lowest BCUT2D eigenvalue weighted by Gasteiger charge is -2.24. The van der Waals surface area contributed by atoms with Crippen molar-refractivity contribution in [3.8, 4) is 5.75 Å². The van der Waals surface area contributed by atoms with Gasteiger partial charge in [0.1, 0.15) is 17.8 Å². The lowest BCUT2D eigenvalue weighted by atomic mass is 10.0. The molecule has 0 spiro atoms. The van der Waals surface area contributed by atoms with Crippen molar-refractivity contribution in [3.05, 3.63) is 65.7 Å². The molecule has 0 heterocycles. The maximum Gasteiger partial charge on any atom is 0.369 e. The van der Waals surface area contributed by atoms with Crippen LogP contribution in [0.15, 0.2) is 54.6 Å². The number of aromatic hydroxyl groups is 1. The number of benzene rings is 2. The molecule has 2 aromatic carbocycles. The molecule has 2 rings (SSSR count). The molecule has 0 saturated heterocycles. The number of nitrogens with two attached hydrogens (primary N) is 1. The van der Waals surface area contributed by atoms with Crippen LogP contribution in [0.3, 0.4) is 0 Å². The van der Waals surface area contributed by atoms with E-state index in [0.29, 0.717) is 0 Å². The molecule has 46 heavy (non-hydrogen) atoms. The van der Waals surface area contributed by atoms with Gasteiger partial charge in [0.25, 0.3) is 0 Å². The largest absolute Gasteiger partial charge is 0.508 e. The Hall–Kier alpha value is -4.63. The van der Waals surface area contributed by atoms with Crippen molar-refractivity contribution in [2.75, 3.05) is 26.1 Å². The van der Waals surface area contributed by atoms with Gasteiger partial charge in [-0.2, -0.15) is 0 Å². The Morgan fingerprint density at radius 1 is 0.783 bits per heavy atom. The zero-order valence-corrected chi connectivity index (χ0v) is 26.8. The Bertz CT molecular complexity index is 1330. The fourth-order valence-electron chi connectivity index (χ4n) is 4.08. The van der Waals surface area contributed by atoms with Crippen LogP contribution in [0, 0.1) is 5.92 Å². The van der Waals surface area contributed by atoms with E-state index in [9.17, 15) is 33.9 Å². The molecule has 2 aromatic rings. The molecule has 0 radical (unpaired) electrons. The first-order valence-electron chi connectivity index (χ1n) is 14.5. The molecule has 0 bridgehead atoms. The molecule has 15 heteroatoms. The number of ether oxygens (including phenoxy) is 2. The molecule has 0 aliphatic rings. The van der Waals surface area contributed by atoms with Crippen LogP contribution in [0.1, 0.15) is 31.4 Å². The highest BCUT2D eigenvalue weighted by Crippen LogP contribution is 2.11. The van der Waals surface area contributed by atoms with Crippen LogP contribution in [-0.2, 0) is 46.3 Å². The number of esters is 1. The Morgan fingerprint density at radius 2 is 1.41 bits per heavy atom. The molecule has 3 atom stereocenters. The third-order valence-electron chi connectivity index (χ3n) is 6.39. The van der Waals surface area contributed by atoms with Gasteiger partial charge in [-0.3, -0.25) is 19.2 Å². The minimum atomic E-state index is -1.12. The predicted octanol–water partition coefficient (Wildman–Crippen LogP) is 0.753. The van der Waals surface area contributed by atoms with Crippen molar-refractivity contribution in [3.63, 3.8) is 0 Å². The van der Waals surface area contributed by atoms with Gasteiger partial charge < -0.3 is 41.6 Å². The second kappa shape index (κ2) is 19.7. The van der Waals surface area contributed by atoms with E-state index >= 15 is 0 Å². The van der Waals surface area contributed by atoms with E-state index in [1.165, 1.54) is 18.4 Å². The van der Waals surface area contributed by atoms with Gasteiger partial charge in [-0.05, 0) is 60.0 Å². The van der Waals surface area contributed by atoms with E-state index < -0.39 is 72.9 Å². The summed E-state index contributed by atoms with van der Waals surface area (Å²) in [5.41, 5.74) is 7.35. The molecule has 0 saturated carbocycles. The van der Waals surface area contributed by atoms with Crippen molar-refractivity contribution in [2.24, 2.45) is 11.7 Å². The molecule has 7 N–H and O–H groups in total. The van der Waals surface area contributed by atoms with Crippen molar-refractivity contribution >= 4 is 46.7 Å². The van der Waals surface area contributed by atoms with Crippen LogP contribution in [0.4, 0.5) is 4.79 Å². The average molecular weight is 660 g/mol. The van der Waals surface area contributed by atoms with Gasteiger partial charge in [0, 0.05) is 6.42 Å². The van der Waals surface area contributed by atoms with Crippen LogP contribution in [-0.4, -0.2) is 84.3 Å². The number of carbonyl (C=O) groups excluding carboxylic acids is 6. The SMILES string of the molecule is CSC(=O)OCOC(=O)C(CC(C)C)NC(=O)C(Cc1ccccc1)NC(=O)CNC(=O)CNC(=O)C(N)Cc1ccc(O)cc1. The lowest BCUT2D eigenvalue weighted by Crippen LogP contribution is -2.54. The smallest absolute Gasteiger partial charge is 0.369 e. The zero-order valence-electron chi connectivity index (χ0n) is 25.9. The van der Waals surface area contributed by atoms with Gasteiger partial charge in [-0.25, -0.2) is 9.59 Å². The maximum absolute atomic E-state index is 13.4. The summed E-state index contributed by atoms with van der Waals surface area (Å²) in [6, 6.07) is 11.9. The topological polar surface area (TPSA) is 215 Å². The molecule has 3 unspecified atom stereocenters. The first kappa shape index (κ1) is 37.6. The number of hydrogen-bond acceptors (Lipinski definition) is 11. The van der Waals surface area contributed by atoms with Gasteiger partial charge in [-0.1, -0.05) is 56.3 Å². The summed E-state index contributed by atoms with van der Waals surface area (Å²) in [5, 5.41) is 18.7. The highest BCUT2D eigenvalue weighted by Gasteiger charge is 2.29. The van der Waals surface area contributed by atoms with Crippen molar-refractivity contribution in [1.82, 2.24) is 21.3 Å². The number of nitrogens with one attached hydrogen (secondary N) is 4. The Kier molecular flexibility index (Phi) is 16.1. The summed E-state index contributed by atoms with van der Waals surface area (Å²) in [6.45, 7) is 2.15. The third kappa shape index (κ3) is 14.4. The fourth-order valence-corrected chi connectivity index (χ4v) is 4.24. The summed E-state index contributed by atoms with van der Waals surface area (Å²) < 4.78 is 9.78. The normalized spacial score (nSPS) is 12.6. The van der Waals surface area contributed by atoms with E-state index in [-0.39, 0.29) is 30.9 Å². The number of carbonyl (C=O) groups is 6. The highest BCUT2D eigenvalue weighted by molar-refractivity contribution is 8.12. The summed E-state index contributed by atoms with van der Waals surface area (Å²) in [4.78, 5) is 74.8. The molecule has 14 nitrogen and oxygen atoms in total.